The number of hydrogen-bond acceptors (Lipinski definition) is 3. The molecule has 1 aliphatic carbocycles. The van der Waals surface area contributed by atoms with Gasteiger partial charge in [0, 0.05) is 18.2 Å². The molecule has 2 amide bonds. The fraction of sp³-hybridized carbons (Fsp3) is 0.419. The van der Waals surface area contributed by atoms with Crippen LogP contribution in [-0.2, 0) is 10.2 Å². The Labute approximate surface area is 215 Å². The van der Waals surface area contributed by atoms with E-state index in [2.05, 4.69) is 50.4 Å². The topological polar surface area (TPSA) is 58.6 Å². The second kappa shape index (κ2) is 10.7. The van der Waals surface area contributed by atoms with Gasteiger partial charge in [0.25, 0.3) is 5.91 Å². The second-order valence-electron chi connectivity index (χ2n) is 10.9. The number of ether oxygens (including phenoxy) is 1. The van der Waals surface area contributed by atoms with Gasteiger partial charge in [0.15, 0.2) is 0 Å². The molecule has 0 radical (unpaired) electrons. The van der Waals surface area contributed by atoms with E-state index in [9.17, 15) is 9.59 Å². The minimum absolute atomic E-state index is 0.0108. The third-order valence-electron chi connectivity index (χ3n) is 7.40. The minimum Gasteiger partial charge on any atom is -0.496 e. The van der Waals surface area contributed by atoms with Crippen molar-refractivity contribution in [2.75, 3.05) is 19.0 Å². The molecule has 0 spiro atoms. The molecule has 3 atom stereocenters. The highest BCUT2D eigenvalue weighted by atomic mass is 16.5. The number of methoxy groups -OCH3 is 1. The van der Waals surface area contributed by atoms with Crippen molar-refractivity contribution >= 4 is 17.5 Å². The molecule has 2 aromatic rings. The van der Waals surface area contributed by atoms with Crippen LogP contribution in [0.15, 0.2) is 66.8 Å². The van der Waals surface area contributed by atoms with Crippen molar-refractivity contribution in [3.63, 3.8) is 0 Å². The van der Waals surface area contributed by atoms with Crippen molar-refractivity contribution in [3.05, 3.63) is 83.5 Å². The largest absolute Gasteiger partial charge is 0.496 e. The standard InChI is InChI=1S/C31H38N2O3/c1-21-12-9-18-26(36-5)27(21)30(35)33-19-11-17-25(28(33)22-13-7-6-8-14-22)29(34)32-24-16-10-15-23(20-24)31(2,3)4/h6-10,12-13,15-16,18,20,22,25,28H,11,14,17,19H2,1-5H3,(H,32,34)/t22?,25-,28-/m0/s1. The van der Waals surface area contributed by atoms with E-state index in [1.165, 1.54) is 5.56 Å². The number of aryl methyl sites for hydroxylation is 1. The number of carbonyl (C=O) groups excluding carboxylic acids is 2. The molecule has 1 N–H and O–H groups in total. The van der Waals surface area contributed by atoms with Crippen molar-refractivity contribution in [2.45, 2.75) is 58.4 Å². The number of hydrogen-bond donors (Lipinski definition) is 1. The number of benzene rings is 2. The SMILES string of the molecule is COc1cccc(C)c1C(=O)N1CCC[C@H](C(=O)Nc2cccc(C(C)(C)C)c2)[C@@H]1C1C=CC=CC1. The van der Waals surface area contributed by atoms with Crippen LogP contribution in [0.4, 0.5) is 5.69 Å². The summed E-state index contributed by atoms with van der Waals surface area (Å²) < 4.78 is 5.56. The summed E-state index contributed by atoms with van der Waals surface area (Å²) in [7, 11) is 1.59. The first-order valence-electron chi connectivity index (χ1n) is 12.9. The number of rotatable bonds is 5. The maximum atomic E-state index is 14.0. The van der Waals surface area contributed by atoms with Crippen molar-refractivity contribution < 1.29 is 14.3 Å². The van der Waals surface area contributed by atoms with Gasteiger partial charge in [0.05, 0.1) is 24.6 Å². The van der Waals surface area contributed by atoms with Gasteiger partial charge < -0.3 is 15.0 Å². The van der Waals surface area contributed by atoms with E-state index in [-0.39, 0.29) is 35.1 Å². The minimum atomic E-state index is -0.308. The molecule has 0 aromatic heterocycles. The molecule has 0 saturated carbocycles. The third kappa shape index (κ3) is 5.40. The molecule has 0 bridgehead atoms. The Morgan fingerprint density at radius 2 is 1.86 bits per heavy atom. The van der Waals surface area contributed by atoms with Gasteiger partial charge in [0.2, 0.25) is 5.91 Å². The zero-order chi connectivity index (χ0) is 25.9. The van der Waals surface area contributed by atoms with Gasteiger partial charge >= 0.3 is 0 Å². The van der Waals surface area contributed by atoms with Gasteiger partial charge in [-0.2, -0.15) is 0 Å². The summed E-state index contributed by atoms with van der Waals surface area (Å²) in [5.74, 6) is 0.250. The van der Waals surface area contributed by atoms with E-state index in [1.54, 1.807) is 7.11 Å². The lowest BCUT2D eigenvalue weighted by molar-refractivity contribution is -0.123. The average molecular weight is 487 g/mol. The van der Waals surface area contributed by atoms with Crippen LogP contribution in [0.5, 0.6) is 5.75 Å². The number of nitrogens with zero attached hydrogens (tertiary/aromatic N) is 1. The molecule has 5 nitrogen and oxygen atoms in total. The summed E-state index contributed by atoms with van der Waals surface area (Å²) in [6, 6.07) is 13.5. The van der Waals surface area contributed by atoms with E-state index in [0.717, 1.165) is 30.5 Å². The van der Waals surface area contributed by atoms with Crippen LogP contribution in [0.3, 0.4) is 0 Å². The van der Waals surface area contributed by atoms with Crippen molar-refractivity contribution in [1.82, 2.24) is 4.90 Å². The Bertz CT molecular complexity index is 1170. The summed E-state index contributed by atoms with van der Waals surface area (Å²) in [6.07, 6.45) is 10.7. The van der Waals surface area contributed by atoms with Gasteiger partial charge in [-0.05, 0) is 60.9 Å². The monoisotopic (exact) mass is 486 g/mol. The third-order valence-corrected chi connectivity index (χ3v) is 7.40. The fourth-order valence-corrected chi connectivity index (χ4v) is 5.45. The number of anilines is 1. The average Bonchev–Trinajstić information content (AvgIpc) is 2.87. The van der Waals surface area contributed by atoms with E-state index in [4.69, 9.17) is 4.74 Å². The molecular weight excluding hydrogens is 448 g/mol. The second-order valence-corrected chi connectivity index (χ2v) is 10.9. The number of nitrogens with one attached hydrogen (secondary N) is 1. The summed E-state index contributed by atoms with van der Waals surface area (Å²) in [5.41, 5.74) is 3.42. The normalized spacial score (nSPS) is 21.8. The van der Waals surface area contributed by atoms with Crippen molar-refractivity contribution in [3.8, 4) is 5.75 Å². The number of allylic oxidation sites excluding steroid dienone is 3. The molecule has 4 rings (SSSR count). The van der Waals surface area contributed by atoms with Crippen LogP contribution in [0.25, 0.3) is 0 Å². The van der Waals surface area contributed by atoms with Crippen molar-refractivity contribution in [1.29, 1.82) is 0 Å². The Balaban J connectivity index is 1.66. The zero-order valence-electron chi connectivity index (χ0n) is 22.1. The number of likely N-dealkylation sites (tertiary alicyclic amines) is 1. The highest BCUT2D eigenvalue weighted by molar-refractivity contribution is 6.00. The highest BCUT2D eigenvalue weighted by Gasteiger charge is 2.43. The summed E-state index contributed by atoms with van der Waals surface area (Å²) in [6.45, 7) is 9.05. The molecule has 1 saturated heterocycles. The Kier molecular flexibility index (Phi) is 7.67. The van der Waals surface area contributed by atoms with Crippen LogP contribution >= 0.6 is 0 Å². The number of piperidine rings is 1. The Hall–Kier alpha value is -3.34. The van der Waals surface area contributed by atoms with Crippen LogP contribution in [-0.4, -0.2) is 36.4 Å². The highest BCUT2D eigenvalue weighted by Crippen LogP contribution is 2.36. The molecule has 2 aliphatic rings. The smallest absolute Gasteiger partial charge is 0.258 e. The van der Waals surface area contributed by atoms with Crippen molar-refractivity contribution in [2.24, 2.45) is 11.8 Å². The lowest BCUT2D eigenvalue weighted by atomic mass is 9.77. The van der Waals surface area contributed by atoms with Crippen LogP contribution in [0.2, 0.25) is 0 Å². The molecule has 1 heterocycles. The van der Waals surface area contributed by atoms with Crippen LogP contribution in [0, 0.1) is 18.8 Å². The van der Waals surface area contributed by atoms with E-state index in [0.29, 0.717) is 17.9 Å². The predicted molar refractivity (Wildman–Crippen MR) is 145 cm³/mol. The fourth-order valence-electron chi connectivity index (χ4n) is 5.45. The maximum Gasteiger partial charge on any atom is 0.258 e. The predicted octanol–water partition coefficient (Wildman–Crippen LogP) is 6.29. The molecule has 2 aromatic carbocycles. The first kappa shape index (κ1) is 25.7. The molecule has 36 heavy (non-hydrogen) atoms. The molecule has 1 fully saturated rings. The summed E-state index contributed by atoms with van der Waals surface area (Å²) in [4.78, 5) is 29.7. The van der Waals surface area contributed by atoms with Gasteiger partial charge in [-0.3, -0.25) is 9.59 Å². The van der Waals surface area contributed by atoms with Crippen LogP contribution in [0.1, 0.15) is 61.5 Å². The van der Waals surface area contributed by atoms with Gasteiger partial charge in [-0.25, -0.2) is 0 Å². The first-order chi connectivity index (χ1) is 17.2. The first-order valence-corrected chi connectivity index (χ1v) is 12.9. The Morgan fingerprint density at radius 3 is 2.56 bits per heavy atom. The maximum absolute atomic E-state index is 14.0. The Morgan fingerprint density at radius 1 is 1.08 bits per heavy atom. The van der Waals surface area contributed by atoms with Crippen LogP contribution < -0.4 is 10.1 Å². The van der Waals surface area contributed by atoms with Gasteiger partial charge in [-0.15, -0.1) is 0 Å². The summed E-state index contributed by atoms with van der Waals surface area (Å²) >= 11 is 0. The molecule has 5 heteroatoms. The van der Waals surface area contributed by atoms with E-state index in [1.807, 2.05) is 54.3 Å². The molecule has 190 valence electrons. The summed E-state index contributed by atoms with van der Waals surface area (Å²) in [5, 5.41) is 3.18. The zero-order valence-corrected chi connectivity index (χ0v) is 22.1. The molecule has 1 aliphatic heterocycles. The van der Waals surface area contributed by atoms with Gasteiger partial charge in [0.1, 0.15) is 5.75 Å². The number of carbonyl (C=O) groups is 2. The molecule has 1 unspecified atom stereocenters. The quantitative estimate of drug-likeness (QED) is 0.540. The molecular formula is C31H38N2O3. The van der Waals surface area contributed by atoms with E-state index >= 15 is 0 Å². The lowest BCUT2D eigenvalue weighted by Crippen LogP contribution is -2.55. The lowest BCUT2D eigenvalue weighted by Gasteiger charge is -2.44. The van der Waals surface area contributed by atoms with E-state index < -0.39 is 0 Å². The van der Waals surface area contributed by atoms with Gasteiger partial charge in [-0.1, -0.05) is 69.3 Å². The number of amides is 2.